The van der Waals surface area contributed by atoms with Crippen molar-refractivity contribution in [1.82, 2.24) is 0 Å². The van der Waals surface area contributed by atoms with Crippen molar-refractivity contribution in [1.29, 1.82) is 0 Å². The van der Waals surface area contributed by atoms with Crippen molar-refractivity contribution in [2.75, 3.05) is 13.2 Å². The van der Waals surface area contributed by atoms with Crippen LogP contribution in [0.2, 0.25) is 0 Å². The van der Waals surface area contributed by atoms with Gasteiger partial charge in [-0.1, -0.05) is 11.6 Å². The molecule has 1 spiro atoms. The van der Waals surface area contributed by atoms with E-state index < -0.39 is 45.4 Å². The van der Waals surface area contributed by atoms with E-state index in [1.54, 1.807) is 0 Å². The van der Waals surface area contributed by atoms with Gasteiger partial charge >= 0.3 is 14.9 Å². The zero-order valence-electron chi connectivity index (χ0n) is 7.92. The van der Waals surface area contributed by atoms with Crippen LogP contribution in [0.1, 0.15) is 0 Å². The number of alkyl halides is 2. The Balaban J connectivity index is 2.21. The molecular weight excluding hydrogens is 327 g/mol. The Bertz CT molecular complexity index is 391. The lowest BCUT2D eigenvalue weighted by Gasteiger charge is -2.44. The second-order valence-electron chi connectivity index (χ2n) is 3.48. The highest BCUT2D eigenvalue weighted by atomic mass is 35.7. The maximum absolute atomic E-state index is 13.7. The van der Waals surface area contributed by atoms with Gasteiger partial charge in [0.1, 0.15) is 5.41 Å². The van der Waals surface area contributed by atoms with Crippen molar-refractivity contribution in [2.24, 2.45) is 5.41 Å². The molecular formula is C5H6Cl2F2O6P2. The maximum atomic E-state index is 13.7. The van der Waals surface area contributed by atoms with Crippen LogP contribution in [0.15, 0.2) is 0 Å². The van der Waals surface area contributed by atoms with Crippen LogP contribution >= 0.6 is 37.7 Å². The molecule has 100 valence electrons. The first kappa shape index (κ1) is 14.2. The molecule has 0 saturated carbocycles. The van der Waals surface area contributed by atoms with Crippen molar-refractivity contribution >= 4 is 37.7 Å². The fraction of sp³-hybridized carbons (Fsp3) is 1.00. The van der Waals surface area contributed by atoms with E-state index >= 15 is 0 Å². The largest absolute Gasteiger partial charge is 0.513 e. The first-order valence-corrected chi connectivity index (χ1v) is 8.52. The monoisotopic (exact) mass is 332 g/mol. The molecule has 12 heteroatoms. The van der Waals surface area contributed by atoms with E-state index in [9.17, 15) is 17.7 Å². The summed E-state index contributed by atoms with van der Waals surface area (Å²) >= 11 is 10.9. The Labute approximate surface area is 104 Å². The van der Waals surface area contributed by atoms with E-state index in [1.165, 1.54) is 0 Å². The van der Waals surface area contributed by atoms with Gasteiger partial charge in [0.25, 0.3) is 0 Å². The van der Waals surface area contributed by atoms with Gasteiger partial charge in [-0.15, -0.1) is 4.20 Å². The minimum atomic E-state index is -4.70. The van der Waals surface area contributed by atoms with Crippen LogP contribution in [0.3, 0.4) is 0 Å². The lowest BCUT2D eigenvalue weighted by atomic mass is 9.91. The van der Waals surface area contributed by atoms with Gasteiger partial charge in [0.2, 0.25) is 6.36 Å². The zero-order valence-corrected chi connectivity index (χ0v) is 11.2. The Morgan fingerprint density at radius 2 is 1.76 bits per heavy atom. The predicted molar refractivity (Wildman–Crippen MR) is 53.2 cm³/mol. The molecule has 0 aliphatic carbocycles. The van der Waals surface area contributed by atoms with E-state index in [0.29, 0.717) is 0 Å². The van der Waals surface area contributed by atoms with Gasteiger partial charge in [0, 0.05) is 11.2 Å². The molecule has 2 heterocycles. The lowest BCUT2D eigenvalue weighted by Crippen LogP contribution is -2.53. The van der Waals surface area contributed by atoms with Gasteiger partial charge in [0.05, 0.1) is 13.2 Å². The van der Waals surface area contributed by atoms with Gasteiger partial charge in [-0.05, 0) is 0 Å². The van der Waals surface area contributed by atoms with Crippen LogP contribution in [0, 0.1) is 5.41 Å². The minimum Gasteiger partial charge on any atom is -0.283 e. The van der Waals surface area contributed by atoms with E-state index in [2.05, 4.69) is 18.1 Å². The molecule has 17 heavy (non-hydrogen) atoms. The third kappa shape index (κ3) is 2.69. The topological polar surface area (TPSA) is 71.1 Å². The summed E-state index contributed by atoms with van der Waals surface area (Å²) in [5.74, 6) is 0. The molecule has 2 saturated heterocycles. The summed E-state index contributed by atoms with van der Waals surface area (Å²) in [6.45, 7) is -5.56. The molecule has 0 aromatic carbocycles. The molecule has 2 aliphatic rings. The van der Waals surface area contributed by atoms with Crippen molar-refractivity contribution in [3.8, 4) is 0 Å². The van der Waals surface area contributed by atoms with Gasteiger partial charge in [-0.2, -0.15) is 0 Å². The Kier molecular flexibility index (Phi) is 3.65. The third-order valence-electron chi connectivity index (χ3n) is 2.32. The summed E-state index contributed by atoms with van der Waals surface area (Å²) in [6.07, 6.45) is -2.26. The second-order valence-corrected chi connectivity index (χ2v) is 7.78. The summed E-state index contributed by atoms with van der Waals surface area (Å²) in [7, 11) is -4.70. The molecule has 0 radical (unpaired) electrons. The summed E-state index contributed by atoms with van der Waals surface area (Å²) in [5.41, 5.74) is -3.31. The van der Waals surface area contributed by atoms with E-state index in [1.807, 2.05) is 0 Å². The summed E-state index contributed by atoms with van der Waals surface area (Å²) in [4.78, 5) is 0. The number of hydrogen-bond donors (Lipinski definition) is 0. The highest BCUT2D eigenvalue weighted by molar-refractivity contribution is 7.81. The Morgan fingerprint density at radius 1 is 1.24 bits per heavy atom. The van der Waals surface area contributed by atoms with Crippen LogP contribution in [-0.2, 0) is 27.2 Å². The highest BCUT2D eigenvalue weighted by Crippen LogP contribution is 2.66. The molecule has 3 atom stereocenters. The molecule has 0 aromatic heterocycles. The molecule has 0 aromatic rings. The first-order valence-electron chi connectivity index (χ1n) is 4.20. The maximum Gasteiger partial charge on any atom is 0.513 e. The first-order chi connectivity index (χ1) is 7.67. The summed E-state index contributed by atoms with van der Waals surface area (Å²) < 4.78 is 65.7. The van der Waals surface area contributed by atoms with Crippen LogP contribution in [0.25, 0.3) is 0 Å². The number of hydrogen-bond acceptors (Lipinski definition) is 6. The molecule has 0 bridgehead atoms. The average molecular weight is 333 g/mol. The van der Waals surface area contributed by atoms with Crippen molar-refractivity contribution in [3.05, 3.63) is 0 Å². The SMILES string of the molecule is O=P1(F)OCC2(CO1)C(F)OP(=O)(Cl)OC2Cl. The lowest BCUT2D eigenvalue weighted by molar-refractivity contribution is -0.173. The summed E-state index contributed by atoms with van der Waals surface area (Å²) in [6, 6.07) is 0. The van der Waals surface area contributed by atoms with Crippen molar-refractivity contribution in [3.63, 3.8) is 0 Å². The van der Waals surface area contributed by atoms with E-state index in [4.69, 9.17) is 22.8 Å². The Morgan fingerprint density at radius 3 is 2.24 bits per heavy atom. The molecule has 3 unspecified atom stereocenters. The van der Waals surface area contributed by atoms with E-state index in [0.717, 1.165) is 0 Å². The quantitative estimate of drug-likeness (QED) is 0.500. The fourth-order valence-corrected chi connectivity index (χ4v) is 4.18. The molecule has 0 amide bonds. The molecule has 2 aliphatic heterocycles. The third-order valence-corrected chi connectivity index (χ3v) is 5.22. The molecule has 0 N–H and O–H groups in total. The standard InChI is InChI=1S/C5H6Cl2F2O6P2/c6-3-5(1-12-17(9,11)13-2-5)4(8)15-16(7,10)14-3/h3-4H,1-2H2. The number of rotatable bonds is 0. The minimum absolute atomic E-state index is 0.715. The van der Waals surface area contributed by atoms with Gasteiger partial charge in [0.15, 0.2) is 5.56 Å². The number of halogens is 4. The van der Waals surface area contributed by atoms with Crippen LogP contribution in [0.5, 0.6) is 0 Å². The summed E-state index contributed by atoms with van der Waals surface area (Å²) in [5, 5.41) is 0. The average Bonchev–Trinajstić information content (AvgIpc) is 2.14. The molecule has 2 fully saturated rings. The van der Waals surface area contributed by atoms with Gasteiger partial charge in [-0.25, -0.2) is 13.5 Å². The normalized spacial score (nSPS) is 56.0. The van der Waals surface area contributed by atoms with Gasteiger partial charge < -0.3 is 0 Å². The van der Waals surface area contributed by atoms with Crippen LogP contribution in [0.4, 0.5) is 8.59 Å². The van der Waals surface area contributed by atoms with Crippen LogP contribution in [-0.4, -0.2) is 25.1 Å². The van der Waals surface area contributed by atoms with Crippen molar-refractivity contribution in [2.45, 2.75) is 11.9 Å². The molecule has 6 nitrogen and oxygen atoms in total. The second kappa shape index (κ2) is 4.39. The zero-order chi connectivity index (χ0) is 12.9. The highest BCUT2D eigenvalue weighted by Gasteiger charge is 2.60. The van der Waals surface area contributed by atoms with E-state index in [-0.39, 0.29) is 0 Å². The predicted octanol–water partition coefficient (Wildman–Crippen LogP) is 3.35. The Hall–Kier alpha value is 0.740. The fourth-order valence-electron chi connectivity index (χ4n) is 1.29. The smallest absolute Gasteiger partial charge is 0.283 e. The van der Waals surface area contributed by atoms with Crippen LogP contribution < -0.4 is 0 Å². The van der Waals surface area contributed by atoms with Crippen molar-refractivity contribution < 1.29 is 35.8 Å². The van der Waals surface area contributed by atoms with Gasteiger partial charge in [-0.3, -0.25) is 18.1 Å². The molecule has 2 rings (SSSR count).